The van der Waals surface area contributed by atoms with E-state index in [-0.39, 0.29) is 6.04 Å². The van der Waals surface area contributed by atoms with Crippen molar-refractivity contribution >= 4 is 0 Å². The van der Waals surface area contributed by atoms with Gasteiger partial charge in [-0.3, -0.25) is 4.98 Å². The van der Waals surface area contributed by atoms with Crippen molar-refractivity contribution in [3.05, 3.63) is 24.3 Å². The molecule has 1 atom stereocenters. The maximum atomic E-state index is 5.42. The van der Waals surface area contributed by atoms with Crippen LogP contribution in [0.1, 0.15) is 12.6 Å². The van der Waals surface area contributed by atoms with Gasteiger partial charge in [-0.05, 0) is 12.8 Å². The Morgan fingerprint density at radius 1 is 1.55 bits per heavy atom. The SMILES string of the molecule is CC(N)C#Cc1cnccn1. The van der Waals surface area contributed by atoms with E-state index in [9.17, 15) is 0 Å². The summed E-state index contributed by atoms with van der Waals surface area (Å²) in [6.07, 6.45) is 4.82. The highest BCUT2D eigenvalue weighted by molar-refractivity contribution is 5.25. The minimum atomic E-state index is -0.114. The third-order valence-electron chi connectivity index (χ3n) is 0.991. The van der Waals surface area contributed by atoms with Crippen molar-refractivity contribution in [3.8, 4) is 11.8 Å². The average molecular weight is 147 g/mol. The molecule has 0 aliphatic carbocycles. The minimum Gasteiger partial charge on any atom is -0.318 e. The van der Waals surface area contributed by atoms with E-state index in [1.54, 1.807) is 18.6 Å². The highest BCUT2D eigenvalue weighted by Crippen LogP contribution is 1.85. The summed E-state index contributed by atoms with van der Waals surface area (Å²) in [6, 6.07) is -0.114. The fourth-order valence-corrected chi connectivity index (χ4v) is 0.551. The largest absolute Gasteiger partial charge is 0.318 e. The summed E-state index contributed by atoms with van der Waals surface area (Å²) < 4.78 is 0. The second-order valence-electron chi connectivity index (χ2n) is 2.15. The molecule has 1 rings (SSSR count). The molecular formula is C8H9N3. The molecule has 0 spiro atoms. The standard InChI is InChI=1S/C8H9N3/c1-7(9)2-3-8-6-10-4-5-11-8/h4-7H,9H2,1H3. The van der Waals surface area contributed by atoms with Crippen LogP contribution < -0.4 is 5.73 Å². The topological polar surface area (TPSA) is 51.8 Å². The molecule has 0 saturated carbocycles. The molecule has 3 heteroatoms. The van der Waals surface area contributed by atoms with Crippen LogP contribution in [0.15, 0.2) is 18.6 Å². The van der Waals surface area contributed by atoms with E-state index in [4.69, 9.17) is 5.73 Å². The summed E-state index contributed by atoms with van der Waals surface area (Å²) in [7, 11) is 0. The molecule has 1 unspecified atom stereocenters. The summed E-state index contributed by atoms with van der Waals surface area (Å²) in [5.74, 6) is 5.58. The Labute approximate surface area is 65.7 Å². The first-order chi connectivity index (χ1) is 5.29. The Kier molecular flexibility index (Phi) is 2.59. The van der Waals surface area contributed by atoms with Crippen LogP contribution >= 0.6 is 0 Å². The van der Waals surface area contributed by atoms with Gasteiger partial charge in [-0.25, -0.2) is 4.98 Å². The molecule has 0 radical (unpaired) electrons. The number of aromatic nitrogens is 2. The second-order valence-corrected chi connectivity index (χ2v) is 2.15. The Morgan fingerprint density at radius 3 is 2.91 bits per heavy atom. The lowest BCUT2D eigenvalue weighted by Gasteiger charge is -1.88. The van der Waals surface area contributed by atoms with Crippen LogP contribution in [0.4, 0.5) is 0 Å². The fourth-order valence-electron chi connectivity index (χ4n) is 0.551. The molecule has 2 N–H and O–H groups in total. The van der Waals surface area contributed by atoms with Crippen LogP contribution in [0.5, 0.6) is 0 Å². The Morgan fingerprint density at radius 2 is 2.36 bits per heavy atom. The van der Waals surface area contributed by atoms with Crippen molar-refractivity contribution in [3.63, 3.8) is 0 Å². The van der Waals surface area contributed by atoms with Crippen molar-refractivity contribution < 1.29 is 0 Å². The van der Waals surface area contributed by atoms with E-state index in [2.05, 4.69) is 21.8 Å². The third-order valence-corrected chi connectivity index (χ3v) is 0.991. The van der Waals surface area contributed by atoms with Gasteiger partial charge in [0.1, 0.15) is 5.69 Å². The molecule has 3 nitrogen and oxygen atoms in total. The quantitative estimate of drug-likeness (QED) is 0.532. The fraction of sp³-hybridized carbons (Fsp3) is 0.250. The number of hydrogen-bond acceptors (Lipinski definition) is 3. The maximum Gasteiger partial charge on any atom is 0.131 e. The lowest BCUT2D eigenvalue weighted by Crippen LogP contribution is -2.10. The first kappa shape index (κ1) is 7.70. The Bertz CT molecular complexity index is 268. The van der Waals surface area contributed by atoms with Gasteiger partial charge in [-0.15, -0.1) is 0 Å². The van der Waals surface area contributed by atoms with E-state index in [0.717, 1.165) is 0 Å². The number of nitrogens with zero attached hydrogens (tertiary/aromatic N) is 2. The van der Waals surface area contributed by atoms with E-state index in [1.807, 2.05) is 6.92 Å². The Hall–Kier alpha value is -1.40. The van der Waals surface area contributed by atoms with Crippen molar-refractivity contribution in [2.45, 2.75) is 13.0 Å². The third kappa shape index (κ3) is 2.78. The second kappa shape index (κ2) is 3.69. The molecule has 0 aliphatic heterocycles. The summed E-state index contributed by atoms with van der Waals surface area (Å²) in [6.45, 7) is 1.82. The molecule has 0 bridgehead atoms. The van der Waals surface area contributed by atoms with Gasteiger partial charge in [0.05, 0.1) is 12.2 Å². The lowest BCUT2D eigenvalue weighted by molar-refractivity contribution is 0.958. The van der Waals surface area contributed by atoms with Crippen molar-refractivity contribution in [2.75, 3.05) is 0 Å². The smallest absolute Gasteiger partial charge is 0.131 e. The van der Waals surface area contributed by atoms with Crippen molar-refractivity contribution in [1.82, 2.24) is 9.97 Å². The maximum absolute atomic E-state index is 5.42. The van der Waals surface area contributed by atoms with Crippen molar-refractivity contribution in [2.24, 2.45) is 5.73 Å². The molecule has 1 heterocycles. The molecule has 0 saturated heterocycles. The summed E-state index contributed by atoms with van der Waals surface area (Å²) in [5, 5.41) is 0. The zero-order chi connectivity index (χ0) is 8.10. The van der Waals surface area contributed by atoms with Gasteiger partial charge < -0.3 is 5.73 Å². The number of hydrogen-bond donors (Lipinski definition) is 1. The highest BCUT2D eigenvalue weighted by Gasteiger charge is 1.85. The molecule has 0 fully saturated rings. The average Bonchev–Trinajstić information content (AvgIpc) is 2.03. The zero-order valence-corrected chi connectivity index (χ0v) is 6.28. The first-order valence-corrected chi connectivity index (χ1v) is 3.32. The van der Waals surface area contributed by atoms with Gasteiger partial charge >= 0.3 is 0 Å². The van der Waals surface area contributed by atoms with Gasteiger partial charge in [0.25, 0.3) is 0 Å². The summed E-state index contributed by atoms with van der Waals surface area (Å²) in [4.78, 5) is 7.82. The lowest BCUT2D eigenvalue weighted by atomic mass is 10.3. The molecule has 0 amide bonds. The van der Waals surface area contributed by atoms with E-state index >= 15 is 0 Å². The van der Waals surface area contributed by atoms with Crippen molar-refractivity contribution in [1.29, 1.82) is 0 Å². The van der Waals surface area contributed by atoms with Crippen LogP contribution in [0.3, 0.4) is 0 Å². The van der Waals surface area contributed by atoms with Crippen LogP contribution in [0.2, 0.25) is 0 Å². The molecule has 1 aromatic heterocycles. The van der Waals surface area contributed by atoms with Gasteiger partial charge in [0.15, 0.2) is 0 Å². The van der Waals surface area contributed by atoms with E-state index < -0.39 is 0 Å². The minimum absolute atomic E-state index is 0.114. The van der Waals surface area contributed by atoms with Gasteiger partial charge in [-0.1, -0.05) is 5.92 Å². The summed E-state index contributed by atoms with van der Waals surface area (Å²) in [5.41, 5.74) is 6.08. The van der Waals surface area contributed by atoms with Crippen LogP contribution in [-0.2, 0) is 0 Å². The monoisotopic (exact) mass is 147 g/mol. The Balaban J connectivity index is 2.75. The molecule has 56 valence electrons. The predicted octanol–water partition coefficient (Wildman–Crippen LogP) is 0.175. The van der Waals surface area contributed by atoms with Gasteiger partial charge in [0.2, 0.25) is 0 Å². The number of rotatable bonds is 0. The zero-order valence-electron chi connectivity index (χ0n) is 6.28. The van der Waals surface area contributed by atoms with E-state index in [0.29, 0.717) is 5.69 Å². The molecule has 0 aromatic carbocycles. The van der Waals surface area contributed by atoms with Crippen LogP contribution in [-0.4, -0.2) is 16.0 Å². The molecular weight excluding hydrogens is 138 g/mol. The molecule has 0 aliphatic rings. The van der Waals surface area contributed by atoms with Gasteiger partial charge in [0, 0.05) is 12.4 Å². The van der Waals surface area contributed by atoms with E-state index in [1.165, 1.54) is 0 Å². The van der Waals surface area contributed by atoms with Crippen LogP contribution in [0, 0.1) is 11.8 Å². The van der Waals surface area contributed by atoms with Crippen LogP contribution in [0.25, 0.3) is 0 Å². The normalized spacial score (nSPS) is 11.5. The molecule has 1 aromatic rings. The first-order valence-electron chi connectivity index (χ1n) is 3.32. The number of nitrogens with two attached hydrogens (primary N) is 1. The van der Waals surface area contributed by atoms with Gasteiger partial charge in [-0.2, -0.15) is 0 Å². The molecule has 11 heavy (non-hydrogen) atoms. The predicted molar refractivity (Wildman–Crippen MR) is 42.6 cm³/mol. The summed E-state index contributed by atoms with van der Waals surface area (Å²) >= 11 is 0. The highest BCUT2D eigenvalue weighted by atomic mass is 14.7.